The first-order valence-corrected chi connectivity index (χ1v) is 5.40. The molecule has 1 aromatic carbocycles. The SMILES string of the molecule is CSc1ccc(C(C)S)c(F)c1. The Labute approximate surface area is 82.0 Å². The molecule has 0 fully saturated rings. The van der Waals surface area contributed by atoms with Crippen molar-refractivity contribution >= 4 is 24.4 Å². The molecule has 0 bridgehead atoms. The van der Waals surface area contributed by atoms with Crippen molar-refractivity contribution in [2.75, 3.05) is 6.26 Å². The Morgan fingerprint density at radius 3 is 2.58 bits per heavy atom. The second-order valence-corrected chi connectivity index (χ2v) is 4.22. The van der Waals surface area contributed by atoms with E-state index in [1.165, 1.54) is 11.8 Å². The lowest BCUT2D eigenvalue weighted by molar-refractivity contribution is 0.607. The zero-order chi connectivity index (χ0) is 9.14. The summed E-state index contributed by atoms with van der Waals surface area (Å²) in [6.45, 7) is 1.86. The molecule has 1 rings (SSSR count). The Balaban J connectivity index is 3.03. The molecule has 0 aliphatic rings. The highest BCUT2D eigenvalue weighted by atomic mass is 32.2. The summed E-state index contributed by atoms with van der Waals surface area (Å²) in [5.74, 6) is -0.163. The van der Waals surface area contributed by atoms with Gasteiger partial charge in [-0.3, -0.25) is 0 Å². The minimum Gasteiger partial charge on any atom is -0.207 e. The van der Waals surface area contributed by atoms with Crippen molar-refractivity contribution in [3.8, 4) is 0 Å². The van der Waals surface area contributed by atoms with Crippen molar-refractivity contribution in [2.24, 2.45) is 0 Å². The van der Waals surface area contributed by atoms with Gasteiger partial charge in [-0.15, -0.1) is 11.8 Å². The van der Waals surface area contributed by atoms with Gasteiger partial charge in [0.05, 0.1) is 0 Å². The molecule has 1 atom stereocenters. The summed E-state index contributed by atoms with van der Waals surface area (Å²) in [4.78, 5) is 0.949. The van der Waals surface area contributed by atoms with E-state index in [0.717, 1.165) is 4.90 Å². The van der Waals surface area contributed by atoms with E-state index in [9.17, 15) is 4.39 Å². The average molecular weight is 202 g/mol. The van der Waals surface area contributed by atoms with Crippen LogP contribution in [0.15, 0.2) is 23.1 Å². The molecule has 0 nitrogen and oxygen atoms in total. The van der Waals surface area contributed by atoms with E-state index < -0.39 is 0 Å². The zero-order valence-electron chi connectivity index (χ0n) is 7.04. The van der Waals surface area contributed by atoms with Crippen LogP contribution in [0.25, 0.3) is 0 Å². The number of rotatable bonds is 2. The highest BCUT2D eigenvalue weighted by molar-refractivity contribution is 7.98. The molecule has 0 spiro atoms. The molecule has 0 N–H and O–H groups in total. The van der Waals surface area contributed by atoms with Gasteiger partial charge >= 0.3 is 0 Å². The molecule has 0 saturated carbocycles. The number of benzene rings is 1. The Kier molecular flexibility index (Phi) is 3.47. The van der Waals surface area contributed by atoms with Crippen molar-refractivity contribution in [3.63, 3.8) is 0 Å². The third kappa shape index (κ3) is 2.17. The van der Waals surface area contributed by atoms with Gasteiger partial charge < -0.3 is 0 Å². The van der Waals surface area contributed by atoms with Gasteiger partial charge in [-0.1, -0.05) is 6.07 Å². The predicted molar refractivity (Wildman–Crippen MR) is 55.6 cm³/mol. The minimum absolute atomic E-state index is 0.0408. The van der Waals surface area contributed by atoms with Crippen molar-refractivity contribution in [2.45, 2.75) is 17.1 Å². The van der Waals surface area contributed by atoms with Crippen LogP contribution >= 0.6 is 24.4 Å². The van der Waals surface area contributed by atoms with Crippen LogP contribution in [0.2, 0.25) is 0 Å². The van der Waals surface area contributed by atoms with E-state index in [0.29, 0.717) is 5.56 Å². The maximum absolute atomic E-state index is 13.2. The fourth-order valence-corrected chi connectivity index (χ4v) is 1.61. The standard InChI is InChI=1S/C9H11FS2/c1-6(11)8-4-3-7(12-2)5-9(8)10/h3-6,11H,1-2H3. The molecular formula is C9H11FS2. The summed E-state index contributed by atoms with van der Waals surface area (Å²) >= 11 is 5.71. The highest BCUT2D eigenvalue weighted by Crippen LogP contribution is 2.25. The highest BCUT2D eigenvalue weighted by Gasteiger charge is 2.06. The summed E-state index contributed by atoms with van der Waals surface area (Å²) in [7, 11) is 0. The lowest BCUT2D eigenvalue weighted by atomic mass is 10.1. The smallest absolute Gasteiger partial charge is 0.128 e. The first-order chi connectivity index (χ1) is 5.65. The molecule has 66 valence electrons. The molecule has 1 unspecified atom stereocenters. The monoisotopic (exact) mass is 202 g/mol. The molecule has 0 aliphatic heterocycles. The van der Waals surface area contributed by atoms with Crippen LogP contribution in [-0.4, -0.2) is 6.26 Å². The van der Waals surface area contributed by atoms with Crippen LogP contribution in [0.1, 0.15) is 17.7 Å². The Hall–Kier alpha value is -0.150. The molecule has 0 heterocycles. The van der Waals surface area contributed by atoms with Crippen LogP contribution in [-0.2, 0) is 0 Å². The largest absolute Gasteiger partial charge is 0.207 e. The Morgan fingerprint density at radius 1 is 1.50 bits per heavy atom. The number of thioether (sulfide) groups is 1. The van der Waals surface area contributed by atoms with E-state index in [1.54, 1.807) is 12.1 Å². The first-order valence-electron chi connectivity index (χ1n) is 3.66. The minimum atomic E-state index is -0.163. The quantitative estimate of drug-likeness (QED) is 0.565. The molecule has 3 heteroatoms. The molecule has 0 radical (unpaired) electrons. The molecule has 12 heavy (non-hydrogen) atoms. The van der Waals surface area contributed by atoms with Gasteiger partial charge in [-0.25, -0.2) is 4.39 Å². The first kappa shape index (κ1) is 9.93. The van der Waals surface area contributed by atoms with Gasteiger partial charge in [0.15, 0.2) is 0 Å². The molecular weight excluding hydrogens is 191 g/mol. The van der Waals surface area contributed by atoms with Gasteiger partial charge in [0, 0.05) is 15.7 Å². The van der Waals surface area contributed by atoms with Crippen molar-refractivity contribution in [1.82, 2.24) is 0 Å². The zero-order valence-corrected chi connectivity index (χ0v) is 8.75. The number of thiol groups is 1. The third-order valence-electron chi connectivity index (χ3n) is 1.66. The van der Waals surface area contributed by atoms with Gasteiger partial charge in [0.1, 0.15) is 5.82 Å². The van der Waals surface area contributed by atoms with E-state index >= 15 is 0 Å². The summed E-state index contributed by atoms with van der Waals surface area (Å²) in [6, 6.07) is 5.25. The van der Waals surface area contributed by atoms with Crippen LogP contribution in [0.4, 0.5) is 4.39 Å². The van der Waals surface area contributed by atoms with Gasteiger partial charge in [-0.2, -0.15) is 12.6 Å². The maximum Gasteiger partial charge on any atom is 0.128 e. The normalized spacial score (nSPS) is 13.0. The fraction of sp³-hybridized carbons (Fsp3) is 0.333. The number of hydrogen-bond donors (Lipinski definition) is 1. The second kappa shape index (κ2) is 4.19. The molecule has 0 aromatic heterocycles. The number of hydrogen-bond acceptors (Lipinski definition) is 2. The van der Waals surface area contributed by atoms with Crippen molar-refractivity contribution in [1.29, 1.82) is 0 Å². The Bertz CT molecular complexity index is 271. The van der Waals surface area contributed by atoms with E-state index in [2.05, 4.69) is 12.6 Å². The maximum atomic E-state index is 13.2. The van der Waals surface area contributed by atoms with E-state index in [1.807, 2.05) is 19.2 Å². The van der Waals surface area contributed by atoms with E-state index in [-0.39, 0.29) is 11.1 Å². The predicted octanol–water partition coefficient (Wildman–Crippen LogP) is 3.54. The van der Waals surface area contributed by atoms with Crippen LogP contribution < -0.4 is 0 Å². The summed E-state index contributed by atoms with van der Waals surface area (Å²) < 4.78 is 13.2. The lowest BCUT2D eigenvalue weighted by Crippen LogP contribution is -1.90. The third-order valence-corrected chi connectivity index (χ3v) is 2.66. The van der Waals surface area contributed by atoms with E-state index in [4.69, 9.17) is 0 Å². The Morgan fingerprint density at radius 2 is 2.17 bits per heavy atom. The molecule has 1 aromatic rings. The molecule has 0 aliphatic carbocycles. The topological polar surface area (TPSA) is 0 Å². The van der Waals surface area contributed by atoms with Gasteiger partial charge in [-0.05, 0) is 25.3 Å². The number of halogens is 1. The van der Waals surface area contributed by atoms with Crippen LogP contribution in [0.5, 0.6) is 0 Å². The second-order valence-electron chi connectivity index (χ2n) is 2.56. The summed E-state index contributed by atoms with van der Waals surface area (Å²) in [5.41, 5.74) is 0.663. The van der Waals surface area contributed by atoms with Gasteiger partial charge in [0.25, 0.3) is 0 Å². The van der Waals surface area contributed by atoms with Crippen LogP contribution in [0.3, 0.4) is 0 Å². The van der Waals surface area contributed by atoms with Crippen molar-refractivity contribution < 1.29 is 4.39 Å². The fourth-order valence-electron chi connectivity index (χ4n) is 0.974. The van der Waals surface area contributed by atoms with Crippen LogP contribution in [0, 0.1) is 5.82 Å². The summed E-state index contributed by atoms with van der Waals surface area (Å²) in [5, 5.41) is -0.0408. The molecule has 0 amide bonds. The lowest BCUT2D eigenvalue weighted by Gasteiger charge is -2.06. The average Bonchev–Trinajstić information content (AvgIpc) is 2.03. The molecule has 0 saturated heterocycles. The van der Waals surface area contributed by atoms with Gasteiger partial charge in [0.2, 0.25) is 0 Å². The van der Waals surface area contributed by atoms with Crippen molar-refractivity contribution in [3.05, 3.63) is 29.6 Å². The summed E-state index contributed by atoms with van der Waals surface area (Å²) in [6.07, 6.45) is 1.93.